The Morgan fingerprint density at radius 2 is 1.87 bits per heavy atom. The molecular formula is C31H43N3O5. The molecule has 3 amide bonds. The number of nitrogens with zero attached hydrogens (tertiary/aromatic N) is 3. The summed E-state index contributed by atoms with van der Waals surface area (Å²) in [6, 6.07) is 7.81. The van der Waals surface area contributed by atoms with Gasteiger partial charge in [0.15, 0.2) is 0 Å². The molecule has 3 aliphatic rings. The molecule has 3 saturated heterocycles. The van der Waals surface area contributed by atoms with E-state index in [1.807, 2.05) is 44.2 Å². The number of amides is 3. The van der Waals surface area contributed by atoms with E-state index in [1.54, 1.807) is 28.9 Å². The van der Waals surface area contributed by atoms with Crippen molar-refractivity contribution in [3.8, 4) is 0 Å². The van der Waals surface area contributed by atoms with Gasteiger partial charge in [-0.25, -0.2) is 0 Å². The molecule has 7 atom stereocenters. The molecule has 212 valence electrons. The van der Waals surface area contributed by atoms with Crippen LogP contribution in [0.3, 0.4) is 0 Å². The van der Waals surface area contributed by atoms with E-state index >= 15 is 0 Å². The molecule has 0 aromatic heterocycles. The number of unbranched alkanes of at least 4 members (excludes halogenated alkanes) is 1. The molecule has 3 fully saturated rings. The van der Waals surface area contributed by atoms with Crippen LogP contribution >= 0.6 is 0 Å². The summed E-state index contributed by atoms with van der Waals surface area (Å²) in [6.07, 6.45) is 5.57. The number of likely N-dealkylation sites (tertiary alicyclic amines) is 1. The number of carbonyl (C=O) groups is 3. The molecule has 3 unspecified atom stereocenters. The first-order valence-corrected chi connectivity index (χ1v) is 14.1. The van der Waals surface area contributed by atoms with Gasteiger partial charge in [0.2, 0.25) is 17.7 Å². The Morgan fingerprint density at radius 1 is 1.21 bits per heavy atom. The van der Waals surface area contributed by atoms with Crippen molar-refractivity contribution in [1.82, 2.24) is 9.80 Å². The van der Waals surface area contributed by atoms with Gasteiger partial charge in [0, 0.05) is 25.3 Å². The van der Waals surface area contributed by atoms with Gasteiger partial charge in [-0.05, 0) is 44.7 Å². The van der Waals surface area contributed by atoms with Crippen LogP contribution in [0.2, 0.25) is 0 Å². The minimum absolute atomic E-state index is 0.0694. The highest BCUT2D eigenvalue weighted by Gasteiger charge is 2.80. The Hall–Kier alpha value is -2.97. The maximum atomic E-state index is 14.4. The Balaban J connectivity index is 1.83. The molecule has 8 heteroatoms. The third-order valence-corrected chi connectivity index (χ3v) is 9.08. The maximum Gasteiger partial charge on any atom is 0.248 e. The smallest absolute Gasteiger partial charge is 0.248 e. The second kappa shape index (κ2) is 11.3. The molecule has 8 nitrogen and oxygen atoms in total. The fourth-order valence-corrected chi connectivity index (χ4v) is 7.09. The largest absolute Gasteiger partial charge is 0.394 e. The molecule has 0 aliphatic carbocycles. The predicted octanol–water partition coefficient (Wildman–Crippen LogP) is 3.41. The number of ether oxygens (including phenoxy) is 1. The fraction of sp³-hybridized carbons (Fsp3) is 0.581. The summed E-state index contributed by atoms with van der Waals surface area (Å²) in [5.41, 5.74) is -1.37. The molecule has 4 rings (SSSR count). The molecule has 0 saturated carbocycles. The lowest BCUT2D eigenvalue weighted by atomic mass is 9.62. The van der Waals surface area contributed by atoms with Crippen LogP contribution < -0.4 is 4.90 Å². The molecule has 39 heavy (non-hydrogen) atoms. The predicted molar refractivity (Wildman–Crippen MR) is 151 cm³/mol. The van der Waals surface area contributed by atoms with Crippen molar-refractivity contribution >= 4 is 23.4 Å². The maximum absolute atomic E-state index is 14.4. The summed E-state index contributed by atoms with van der Waals surface area (Å²) in [6.45, 7) is 16.3. The molecule has 1 aromatic rings. The van der Waals surface area contributed by atoms with Crippen LogP contribution in [0.25, 0.3) is 0 Å². The fourth-order valence-electron chi connectivity index (χ4n) is 7.09. The summed E-state index contributed by atoms with van der Waals surface area (Å²) in [4.78, 5) is 47.9. The van der Waals surface area contributed by atoms with Gasteiger partial charge in [-0.2, -0.15) is 0 Å². The minimum Gasteiger partial charge on any atom is -0.394 e. The van der Waals surface area contributed by atoms with Gasteiger partial charge >= 0.3 is 0 Å². The van der Waals surface area contributed by atoms with Crippen molar-refractivity contribution in [1.29, 1.82) is 0 Å². The lowest BCUT2D eigenvalue weighted by Crippen LogP contribution is -2.58. The van der Waals surface area contributed by atoms with Gasteiger partial charge in [-0.3, -0.25) is 14.4 Å². The van der Waals surface area contributed by atoms with E-state index in [9.17, 15) is 19.5 Å². The van der Waals surface area contributed by atoms with E-state index in [1.165, 1.54) is 4.90 Å². The summed E-state index contributed by atoms with van der Waals surface area (Å²) in [5.74, 6) is -2.42. The second-order valence-electron chi connectivity index (χ2n) is 11.5. The number of hydrogen-bond acceptors (Lipinski definition) is 5. The number of aliphatic hydroxyl groups excluding tert-OH is 1. The van der Waals surface area contributed by atoms with Gasteiger partial charge in [0.1, 0.15) is 11.6 Å². The Bertz CT molecular complexity index is 1110. The quantitative estimate of drug-likeness (QED) is 0.413. The van der Waals surface area contributed by atoms with Gasteiger partial charge in [0.25, 0.3) is 0 Å². The number of rotatable bonds is 12. The van der Waals surface area contributed by atoms with Gasteiger partial charge < -0.3 is 24.5 Å². The monoisotopic (exact) mass is 537 g/mol. The SMILES string of the molecule is C=CCN(CCCC)C(=O)C1N([C@H](C)CO)C(=O)[C@@H]2[C@H](C(=O)N(CC=C)c3ccccc3)[C@@]3(C)OC12CC3C. The van der Waals surface area contributed by atoms with Gasteiger partial charge in [-0.15, -0.1) is 13.2 Å². The molecule has 0 radical (unpaired) electrons. The lowest BCUT2D eigenvalue weighted by molar-refractivity contribution is -0.155. The number of benzene rings is 1. The van der Waals surface area contributed by atoms with Crippen LogP contribution in [0.4, 0.5) is 5.69 Å². The first-order valence-electron chi connectivity index (χ1n) is 14.1. The summed E-state index contributed by atoms with van der Waals surface area (Å²) >= 11 is 0. The van der Waals surface area contributed by atoms with Crippen molar-refractivity contribution in [3.63, 3.8) is 0 Å². The Labute approximate surface area is 232 Å². The molecule has 3 heterocycles. The number of carbonyl (C=O) groups excluding carboxylic acids is 3. The zero-order valence-corrected chi connectivity index (χ0v) is 23.7. The number of fused-ring (bicyclic) bond motifs is 1. The van der Waals surface area contributed by atoms with E-state index in [0.29, 0.717) is 25.2 Å². The first kappa shape index (κ1) is 29.0. The van der Waals surface area contributed by atoms with Crippen LogP contribution in [-0.2, 0) is 19.1 Å². The van der Waals surface area contributed by atoms with E-state index in [2.05, 4.69) is 20.1 Å². The van der Waals surface area contributed by atoms with Crippen molar-refractivity contribution in [2.75, 3.05) is 31.1 Å². The van der Waals surface area contributed by atoms with Crippen LogP contribution in [-0.4, -0.2) is 82.2 Å². The first-order chi connectivity index (χ1) is 18.6. The summed E-state index contributed by atoms with van der Waals surface area (Å²) in [7, 11) is 0. The topological polar surface area (TPSA) is 90.4 Å². The molecular weight excluding hydrogens is 494 g/mol. The normalized spacial score (nSPS) is 31.6. The van der Waals surface area contributed by atoms with Crippen molar-refractivity contribution in [3.05, 3.63) is 55.6 Å². The molecule has 1 spiro atoms. The van der Waals surface area contributed by atoms with Crippen molar-refractivity contribution < 1.29 is 24.2 Å². The molecule has 3 aliphatic heterocycles. The summed E-state index contributed by atoms with van der Waals surface area (Å²) < 4.78 is 6.85. The van der Waals surface area contributed by atoms with E-state index in [-0.39, 0.29) is 36.8 Å². The third-order valence-electron chi connectivity index (χ3n) is 9.08. The second-order valence-corrected chi connectivity index (χ2v) is 11.5. The molecule has 1 aromatic carbocycles. The average Bonchev–Trinajstić information content (AvgIpc) is 3.45. The van der Waals surface area contributed by atoms with E-state index < -0.39 is 35.1 Å². The van der Waals surface area contributed by atoms with Gasteiger partial charge in [0.05, 0.1) is 30.1 Å². The average molecular weight is 538 g/mol. The standard InChI is InChI=1S/C31H43N3O5/c1-7-10-18-32(16-8-2)29(38)26-31-19-21(4)30(6,39-31)24(25(31)28(37)34(26)22(5)20-35)27(36)33(17-9-3)23-14-12-11-13-15-23/h8-9,11-15,21-22,24-26,35H,2-3,7,10,16-20H2,1,4-6H3/t21?,22-,24-,25+,26?,30+,31?/m1/s1. The van der Waals surface area contributed by atoms with Crippen molar-refractivity contribution in [2.24, 2.45) is 17.8 Å². The molecule has 1 N–H and O–H groups in total. The van der Waals surface area contributed by atoms with Gasteiger partial charge in [-0.1, -0.05) is 50.6 Å². The number of anilines is 1. The minimum atomic E-state index is -1.16. The number of hydrogen-bond donors (Lipinski definition) is 1. The Morgan fingerprint density at radius 3 is 2.46 bits per heavy atom. The highest BCUT2D eigenvalue weighted by molar-refractivity contribution is 6.03. The highest BCUT2D eigenvalue weighted by Crippen LogP contribution is 2.65. The molecule has 2 bridgehead atoms. The van der Waals surface area contributed by atoms with E-state index in [0.717, 1.165) is 12.8 Å². The van der Waals surface area contributed by atoms with Crippen LogP contribution in [0, 0.1) is 17.8 Å². The van der Waals surface area contributed by atoms with Crippen LogP contribution in [0.15, 0.2) is 55.6 Å². The van der Waals surface area contributed by atoms with Crippen LogP contribution in [0.5, 0.6) is 0 Å². The van der Waals surface area contributed by atoms with Crippen LogP contribution in [0.1, 0.15) is 47.0 Å². The highest BCUT2D eigenvalue weighted by atomic mass is 16.5. The summed E-state index contributed by atoms with van der Waals surface area (Å²) in [5, 5.41) is 10.1. The lowest BCUT2D eigenvalue weighted by Gasteiger charge is -2.39. The zero-order chi connectivity index (χ0) is 28.5. The van der Waals surface area contributed by atoms with E-state index in [4.69, 9.17) is 4.74 Å². The van der Waals surface area contributed by atoms with Crippen molar-refractivity contribution in [2.45, 2.75) is 70.2 Å². The number of para-hydroxylation sites is 1. The Kier molecular flexibility index (Phi) is 8.38. The zero-order valence-electron chi connectivity index (χ0n) is 23.7. The third kappa shape index (κ3) is 4.51. The number of aliphatic hydroxyl groups is 1.